The highest BCUT2D eigenvalue weighted by atomic mass is 35.5. The Hall–Kier alpha value is -3.17. The molecule has 3 aromatic rings. The van der Waals surface area contributed by atoms with Gasteiger partial charge in [0.2, 0.25) is 0 Å². The molecule has 3 N–H and O–H groups in total. The van der Waals surface area contributed by atoms with Crippen LogP contribution in [0.1, 0.15) is 37.6 Å². The largest absolute Gasteiger partial charge is 0.384 e. The Labute approximate surface area is 204 Å². The van der Waals surface area contributed by atoms with Crippen LogP contribution in [0, 0.1) is 5.92 Å². The maximum absolute atomic E-state index is 13.4. The van der Waals surface area contributed by atoms with Gasteiger partial charge in [-0.1, -0.05) is 36.7 Å². The third-order valence-corrected chi connectivity index (χ3v) is 7.35. The molecule has 10 heteroatoms. The van der Waals surface area contributed by atoms with Gasteiger partial charge in [-0.3, -0.25) is 4.79 Å². The van der Waals surface area contributed by atoms with Gasteiger partial charge in [-0.2, -0.15) is 8.42 Å². The molecule has 1 aliphatic heterocycles. The minimum Gasteiger partial charge on any atom is -0.384 e. The molecule has 1 unspecified atom stereocenters. The summed E-state index contributed by atoms with van der Waals surface area (Å²) in [6.45, 7) is 7.00. The Morgan fingerprint density at radius 1 is 1.18 bits per heavy atom. The SMILES string of the molecule is CC1CN(c2ncc(-c3ccc(Cl)cc3)cc2C(=O)NS(=O)(=O)c2cccc(N)n2)C(C)(C)C1. The summed E-state index contributed by atoms with van der Waals surface area (Å²) < 4.78 is 27.9. The van der Waals surface area contributed by atoms with E-state index in [2.05, 4.69) is 40.4 Å². The Morgan fingerprint density at radius 2 is 1.88 bits per heavy atom. The van der Waals surface area contributed by atoms with E-state index in [-0.39, 0.29) is 21.9 Å². The first-order valence-electron chi connectivity index (χ1n) is 10.8. The van der Waals surface area contributed by atoms with Crippen LogP contribution in [0.2, 0.25) is 5.02 Å². The zero-order valence-electron chi connectivity index (χ0n) is 19.1. The number of nitrogens with one attached hydrogen (secondary N) is 1. The highest BCUT2D eigenvalue weighted by Crippen LogP contribution is 2.38. The minimum absolute atomic E-state index is 0.0372. The molecule has 1 saturated heterocycles. The van der Waals surface area contributed by atoms with E-state index in [1.165, 1.54) is 18.2 Å². The maximum Gasteiger partial charge on any atom is 0.281 e. The van der Waals surface area contributed by atoms with Crippen LogP contribution in [0.25, 0.3) is 11.1 Å². The Balaban J connectivity index is 1.78. The first-order valence-corrected chi connectivity index (χ1v) is 12.7. The number of nitrogens with two attached hydrogens (primary N) is 1. The lowest BCUT2D eigenvalue weighted by Gasteiger charge is -2.33. The second kappa shape index (κ2) is 8.88. The van der Waals surface area contributed by atoms with Crippen LogP contribution in [0.3, 0.4) is 0 Å². The van der Waals surface area contributed by atoms with Crippen molar-refractivity contribution >= 4 is 39.2 Å². The van der Waals surface area contributed by atoms with Crippen molar-refractivity contribution in [1.29, 1.82) is 0 Å². The lowest BCUT2D eigenvalue weighted by Crippen LogP contribution is -2.41. The van der Waals surface area contributed by atoms with Crippen LogP contribution >= 0.6 is 11.6 Å². The van der Waals surface area contributed by atoms with Gasteiger partial charge in [0, 0.05) is 28.9 Å². The Kier molecular flexibility index (Phi) is 6.26. The summed E-state index contributed by atoms with van der Waals surface area (Å²) >= 11 is 6.01. The highest BCUT2D eigenvalue weighted by molar-refractivity contribution is 7.90. The number of carbonyl (C=O) groups is 1. The highest BCUT2D eigenvalue weighted by Gasteiger charge is 2.39. The number of amides is 1. The number of hydrogen-bond donors (Lipinski definition) is 2. The smallest absolute Gasteiger partial charge is 0.281 e. The number of anilines is 2. The molecule has 34 heavy (non-hydrogen) atoms. The number of carbonyl (C=O) groups excluding carboxylic acids is 1. The number of pyridine rings is 2. The monoisotopic (exact) mass is 499 g/mol. The van der Waals surface area contributed by atoms with E-state index in [1.807, 2.05) is 12.1 Å². The number of aromatic nitrogens is 2. The van der Waals surface area contributed by atoms with Gasteiger partial charge >= 0.3 is 0 Å². The topological polar surface area (TPSA) is 118 Å². The van der Waals surface area contributed by atoms with Crippen molar-refractivity contribution in [2.45, 2.75) is 37.8 Å². The molecule has 8 nitrogen and oxygen atoms in total. The minimum atomic E-state index is -4.25. The van der Waals surface area contributed by atoms with Gasteiger partial charge in [0.15, 0.2) is 5.03 Å². The first-order chi connectivity index (χ1) is 16.0. The van der Waals surface area contributed by atoms with E-state index < -0.39 is 15.9 Å². The lowest BCUT2D eigenvalue weighted by atomic mass is 9.97. The van der Waals surface area contributed by atoms with Crippen LogP contribution in [0.15, 0.2) is 59.8 Å². The Morgan fingerprint density at radius 3 is 2.50 bits per heavy atom. The van der Waals surface area contributed by atoms with Gasteiger partial charge in [-0.05, 0) is 62.1 Å². The summed E-state index contributed by atoms with van der Waals surface area (Å²) in [7, 11) is -4.25. The molecule has 0 saturated carbocycles. The third-order valence-electron chi connectivity index (χ3n) is 5.86. The van der Waals surface area contributed by atoms with Gasteiger partial charge in [0.25, 0.3) is 15.9 Å². The maximum atomic E-state index is 13.4. The van der Waals surface area contributed by atoms with Gasteiger partial charge in [0.1, 0.15) is 11.6 Å². The average molecular weight is 500 g/mol. The van der Waals surface area contributed by atoms with E-state index in [1.54, 1.807) is 24.4 Å². The summed E-state index contributed by atoms with van der Waals surface area (Å²) in [6, 6.07) is 13.0. The van der Waals surface area contributed by atoms with E-state index >= 15 is 0 Å². The third kappa shape index (κ3) is 4.85. The predicted molar refractivity (Wildman–Crippen MR) is 133 cm³/mol. The van der Waals surface area contributed by atoms with E-state index in [9.17, 15) is 13.2 Å². The fourth-order valence-electron chi connectivity index (χ4n) is 4.41. The molecule has 1 fully saturated rings. The first kappa shape index (κ1) is 24.0. The van der Waals surface area contributed by atoms with Crippen molar-refractivity contribution in [3.63, 3.8) is 0 Å². The van der Waals surface area contributed by atoms with Crippen molar-refractivity contribution < 1.29 is 13.2 Å². The van der Waals surface area contributed by atoms with E-state index in [0.29, 0.717) is 28.9 Å². The summed E-state index contributed by atoms with van der Waals surface area (Å²) in [5.74, 6) is 0.0669. The van der Waals surface area contributed by atoms with Gasteiger partial charge in [-0.15, -0.1) is 0 Å². The molecule has 4 rings (SSSR count). The van der Waals surface area contributed by atoms with Gasteiger partial charge in [-0.25, -0.2) is 14.7 Å². The standard InChI is InChI=1S/C24H26ClN5O3S/c1-15-12-24(2,3)30(14-15)22-19(11-17(13-27-22)16-7-9-18(25)10-8-16)23(31)29-34(32,33)21-6-4-5-20(26)28-21/h4-11,13,15H,12,14H2,1-3H3,(H2,26,28)(H,29,31). The molecule has 1 atom stereocenters. The quantitative estimate of drug-likeness (QED) is 0.542. The van der Waals surface area contributed by atoms with Crippen molar-refractivity contribution in [2.24, 2.45) is 5.92 Å². The molecule has 2 aromatic heterocycles. The number of hydrogen-bond acceptors (Lipinski definition) is 7. The Bertz CT molecular complexity index is 1340. The van der Waals surface area contributed by atoms with E-state index in [4.69, 9.17) is 17.3 Å². The molecule has 0 radical (unpaired) electrons. The predicted octanol–water partition coefficient (Wildman–Crippen LogP) is 4.12. The van der Waals surface area contributed by atoms with Crippen molar-refractivity contribution in [3.05, 3.63) is 65.3 Å². The molecule has 1 amide bonds. The molecular formula is C24H26ClN5O3S. The van der Waals surface area contributed by atoms with Crippen LogP contribution in [-0.2, 0) is 10.0 Å². The second-order valence-corrected chi connectivity index (χ2v) is 11.2. The van der Waals surface area contributed by atoms with E-state index in [0.717, 1.165) is 12.0 Å². The van der Waals surface area contributed by atoms with Crippen molar-refractivity contribution in [3.8, 4) is 11.1 Å². The molecule has 0 spiro atoms. The molecule has 1 aromatic carbocycles. The number of nitrogen functional groups attached to an aromatic ring is 1. The summed E-state index contributed by atoms with van der Waals surface area (Å²) in [5, 5.41) is 0.249. The van der Waals surface area contributed by atoms with Crippen molar-refractivity contribution in [2.75, 3.05) is 17.2 Å². The summed E-state index contributed by atoms with van der Waals surface area (Å²) in [6.07, 6.45) is 2.60. The fourth-order valence-corrected chi connectivity index (χ4v) is 5.48. The fraction of sp³-hybridized carbons (Fsp3) is 0.292. The molecule has 0 bridgehead atoms. The van der Waals surface area contributed by atoms with Crippen LogP contribution < -0.4 is 15.4 Å². The van der Waals surface area contributed by atoms with Gasteiger partial charge in [0.05, 0.1) is 5.56 Å². The lowest BCUT2D eigenvalue weighted by molar-refractivity contribution is 0.0981. The average Bonchev–Trinajstić information content (AvgIpc) is 3.05. The van der Waals surface area contributed by atoms with Crippen LogP contribution in [-0.4, -0.2) is 36.4 Å². The molecular weight excluding hydrogens is 474 g/mol. The second-order valence-electron chi connectivity index (χ2n) is 9.17. The number of sulfonamides is 1. The number of rotatable bonds is 5. The number of benzene rings is 1. The number of nitrogens with zero attached hydrogens (tertiary/aromatic N) is 3. The normalized spacial score (nSPS) is 17.5. The summed E-state index contributed by atoms with van der Waals surface area (Å²) in [4.78, 5) is 23.9. The van der Waals surface area contributed by atoms with Crippen LogP contribution in [0.5, 0.6) is 0 Å². The molecule has 1 aliphatic rings. The molecule has 0 aliphatic carbocycles. The van der Waals surface area contributed by atoms with Crippen LogP contribution in [0.4, 0.5) is 11.6 Å². The number of halogens is 1. The zero-order chi connectivity index (χ0) is 24.7. The van der Waals surface area contributed by atoms with Crippen molar-refractivity contribution in [1.82, 2.24) is 14.7 Å². The molecule has 3 heterocycles. The molecule has 178 valence electrons. The zero-order valence-corrected chi connectivity index (χ0v) is 20.7. The van der Waals surface area contributed by atoms with Gasteiger partial charge < -0.3 is 10.6 Å². The summed E-state index contributed by atoms with van der Waals surface area (Å²) in [5.41, 5.74) is 6.99.